The summed E-state index contributed by atoms with van der Waals surface area (Å²) in [7, 11) is 0. The fourth-order valence-corrected chi connectivity index (χ4v) is 2.57. The molecule has 0 bridgehead atoms. The van der Waals surface area contributed by atoms with Gasteiger partial charge in [-0.2, -0.15) is 0 Å². The third kappa shape index (κ3) is 3.26. The first-order valence-electron chi connectivity index (χ1n) is 6.33. The molecule has 1 aliphatic rings. The highest BCUT2D eigenvalue weighted by molar-refractivity contribution is 5.67. The number of aliphatic hydroxyl groups excluding tert-OH is 1. The Bertz CT molecular complexity index is 414. The van der Waals surface area contributed by atoms with Gasteiger partial charge in [0.05, 0.1) is 12.3 Å². The van der Waals surface area contributed by atoms with Crippen LogP contribution in [0.4, 0.5) is 0 Å². The van der Waals surface area contributed by atoms with Crippen molar-refractivity contribution in [1.82, 2.24) is 9.97 Å². The molecular formula is C13H18N2O3. The molecule has 1 aliphatic carbocycles. The highest BCUT2D eigenvalue weighted by Gasteiger charge is 2.25. The number of rotatable bonds is 4. The van der Waals surface area contributed by atoms with Crippen LogP contribution in [0.3, 0.4) is 0 Å². The van der Waals surface area contributed by atoms with Gasteiger partial charge in [0.2, 0.25) is 0 Å². The van der Waals surface area contributed by atoms with Gasteiger partial charge < -0.3 is 10.2 Å². The van der Waals surface area contributed by atoms with Crippen molar-refractivity contribution in [2.75, 3.05) is 0 Å². The van der Waals surface area contributed by atoms with Gasteiger partial charge in [-0.25, -0.2) is 9.97 Å². The van der Waals surface area contributed by atoms with Crippen LogP contribution in [0.2, 0.25) is 0 Å². The van der Waals surface area contributed by atoms with E-state index in [0.717, 1.165) is 31.5 Å². The van der Waals surface area contributed by atoms with E-state index in [-0.39, 0.29) is 13.0 Å². The maximum Gasteiger partial charge on any atom is 0.303 e. The molecule has 0 unspecified atom stereocenters. The molecule has 18 heavy (non-hydrogen) atoms. The monoisotopic (exact) mass is 250 g/mol. The van der Waals surface area contributed by atoms with E-state index in [2.05, 4.69) is 9.97 Å². The largest absolute Gasteiger partial charge is 0.481 e. The predicted octanol–water partition coefficient (Wildman–Crippen LogP) is 1.72. The van der Waals surface area contributed by atoms with Crippen molar-refractivity contribution in [3.05, 3.63) is 23.8 Å². The molecule has 0 aliphatic heterocycles. The molecule has 2 N–H and O–H groups in total. The van der Waals surface area contributed by atoms with Crippen LogP contribution in [0.5, 0.6) is 0 Å². The molecule has 1 saturated carbocycles. The van der Waals surface area contributed by atoms with Gasteiger partial charge in [-0.1, -0.05) is 0 Å². The summed E-state index contributed by atoms with van der Waals surface area (Å²) in [5.74, 6) is 0.675. The number of carbonyl (C=O) groups is 1. The lowest BCUT2D eigenvalue weighted by molar-refractivity contribution is -0.138. The van der Waals surface area contributed by atoms with Gasteiger partial charge in [0.1, 0.15) is 5.82 Å². The maximum absolute atomic E-state index is 10.7. The first-order valence-corrected chi connectivity index (χ1v) is 6.33. The van der Waals surface area contributed by atoms with E-state index in [1.165, 1.54) is 0 Å². The number of aliphatic hydroxyl groups is 1. The van der Waals surface area contributed by atoms with Gasteiger partial charge in [0.25, 0.3) is 0 Å². The molecule has 5 nitrogen and oxygen atoms in total. The number of hydrogen-bond acceptors (Lipinski definition) is 4. The molecule has 0 atom stereocenters. The van der Waals surface area contributed by atoms with Gasteiger partial charge in [-0.05, 0) is 37.7 Å². The fraction of sp³-hybridized carbons (Fsp3) is 0.615. The van der Waals surface area contributed by atoms with Crippen molar-refractivity contribution in [2.24, 2.45) is 5.92 Å². The quantitative estimate of drug-likeness (QED) is 0.850. The fourth-order valence-electron chi connectivity index (χ4n) is 2.57. The Morgan fingerprint density at radius 1 is 1.33 bits per heavy atom. The summed E-state index contributed by atoms with van der Waals surface area (Å²) in [5, 5.41) is 17.8. The zero-order chi connectivity index (χ0) is 13.0. The molecule has 5 heteroatoms. The lowest BCUT2D eigenvalue weighted by Gasteiger charge is -2.26. The summed E-state index contributed by atoms with van der Waals surface area (Å²) in [5.41, 5.74) is 0.646. The Hall–Kier alpha value is -1.49. The minimum absolute atomic E-state index is 0.0656. The van der Waals surface area contributed by atoms with Crippen molar-refractivity contribution in [3.8, 4) is 0 Å². The van der Waals surface area contributed by atoms with Crippen molar-refractivity contribution in [3.63, 3.8) is 0 Å². The lowest BCUT2D eigenvalue weighted by Crippen LogP contribution is -2.18. The molecule has 1 heterocycles. The molecule has 1 aromatic heterocycles. The van der Waals surface area contributed by atoms with Crippen LogP contribution in [0.1, 0.15) is 49.5 Å². The second-order valence-corrected chi connectivity index (χ2v) is 4.88. The number of aliphatic carboxylic acids is 1. The van der Waals surface area contributed by atoms with Crippen LogP contribution in [-0.4, -0.2) is 26.2 Å². The van der Waals surface area contributed by atoms with Crippen LogP contribution < -0.4 is 0 Å². The van der Waals surface area contributed by atoms with Crippen molar-refractivity contribution in [2.45, 2.75) is 44.6 Å². The second-order valence-electron chi connectivity index (χ2n) is 4.88. The Labute approximate surface area is 106 Å². The van der Waals surface area contributed by atoms with Gasteiger partial charge in [-0.3, -0.25) is 4.79 Å². The highest BCUT2D eigenvalue weighted by atomic mass is 16.4. The number of carboxylic acid groups (broad SMARTS) is 1. The molecule has 0 saturated heterocycles. The number of carboxylic acids is 1. The van der Waals surface area contributed by atoms with Gasteiger partial charge in [0.15, 0.2) is 0 Å². The molecule has 0 spiro atoms. The van der Waals surface area contributed by atoms with E-state index in [1.54, 1.807) is 12.3 Å². The first-order chi connectivity index (χ1) is 8.69. The van der Waals surface area contributed by atoms with Crippen LogP contribution in [0.15, 0.2) is 12.3 Å². The van der Waals surface area contributed by atoms with E-state index in [0.29, 0.717) is 17.5 Å². The Morgan fingerprint density at radius 2 is 2.06 bits per heavy atom. The van der Waals surface area contributed by atoms with E-state index >= 15 is 0 Å². The summed E-state index contributed by atoms with van der Waals surface area (Å²) in [4.78, 5) is 19.2. The summed E-state index contributed by atoms with van der Waals surface area (Å²) in [6.45, 7) is -0.0656. The zero-order valence-corrected chi connectivity index (χ0v) is 10.2. The molecule has 0 aromatic carbocycles. The van der Waals surface area contributed by atoms with Crippen LogP contribution >= 0.6 is 0 Å². The minimum Gasteiger partial charge on any atom is -0.481 e. The van der Waals surface area contributed by atoms with Crippen LogP contribution in [0, 0.1) is 5.92 Å². The third-order valence-corrected chi connectivity index (χ3v) is 3.57. The molecule has 1 aromatic rings. The number of nitrogens with zero attached hydrogens (tertiary/aromatic N) is 2. The molecule has 0 amide bonds. The van der Waals surface area contributed by atoms with E-state index in [1.807, 2.05) is 0 Å². The maximum atomic E-state index is 10.7. The summed E-state index contributed by atoms with van der Waals surface area (Å²) < 4.78 is 0. The second kappa shape index (κ2) is 5.91. The van der Waals surface area contributed by atoms with Gasteiger partial charge >= 0.3 is 5.97 Å². The van der Waals surface area contributed by atoms with Crippen molar-refractivity contribution >= 4 is 5.97 Å². The lowest BCUT2D eigenvalue weighted by atomic mass is 9.80. The first kappa shape index (κ1) is 13.0. The smallest absolute Gasteiger partial charge is 0.303 e. The molecule has 1 fully saturated rings. The number of hydrogen-bond donors (Lipinski definition) is 2. The standard InChI is InChI=1S/C13H18N2O3/c16-8-11-5-6-14-13(15-11)10-3-1-9(2-4-10)7-12(17)18/h5-6,9-10,16H,1-4,7-8H2,(H,17,18). The normalized spacial score (nSPS) is 23.8. The minimum atomic E-state index is -0.711. The summed E-state index contributed by atoms with van der Waals surface area (Å²) in [6, 6.07) is 1.71. The zero-order valence-electron chi connectivity index (χ0n) is 10.2. The van der Waals surface area contributed by atoms with E-state index in [4.69, 9.17) is 10.2 Å². The average molecular weight is 250 g/mol. The van der Waals surface area contributed by atoms with Gasteiger partial charge in [0, 0.05) is 18.5 Å². The molecule has 0 radical (unpaired) electrons. The Balaban J connectivity index is 1.94. The Kier molecular flexibility index (Phi) is 4.25. The van der Waals surface area contributed by atoms with Gasteiger partial charge in [-0.15, -0.1) is 0 Å². The SMILES string of the molecule is O=C(O)CC1CCC(c2nccc(CO)n2)CC1. The average Bonchev–Trinajstić information content (AvgIpc) is 2.39. The summed E-state index contributed by atoms with van der Waals surface area (Å²) in [6.07, 6.45) is 5.66. The van der Waals surface area contributed by atoms with Crippen LogP contribution in [0.25, 0.3) is 0 Å². The number of aromatic nitrogens is 2. The highest BCUT2D eigenvalue weighted by Crippen LogP contribution is 2.35. The third-order valence-electron chi connectivity index (χ3n) is 3.57. The predicted molar refractivity (Wildman–Crippen MR) is 64.9 cm³/mol. The van der Waals surface area contributed by atoms with E-state index < -0.39 is 5.97 Å². The van der Waals surface area contributed by atoms with Crippen molar-refractivity contribution in [1.29, 1.82) is 0 Å². The van der Waals surface area contributed by atoms with Crippen LogP contribution in [-0.2, 0) is 11.4 Å². The van der Waals surface area contributed by atoms with Crippen molar-refractivity contribution < 1.29 is 15.0 Å². The topological polar surface area (TPSA) is 83.3 Å². The molecule has 98 valence electrons. The molecule has 2 rings (SSSR count). The Morgan fingerprint density at radius 3 is 2.67 bits per heavy atom. The summed E-state index contributed by atoms with van der Waals surface area (Å²) >= 11 is 0. The van der Waals surface area contributed by atoms with E-state index in [9.17, 15) is 4.79 Å². The molecular weight excluding hydrogens is 232 g/mol.